The molecule has 0 radical (unpaired) electrons. The van der Waals surface area contributed by atoms with Gasteiger partial charge in [-0.05, 0) is 25.7 Å². The van der Waals surface area contributed by atoms with Crippen LogP contribution in [-0.2, 0) is 0 Å². The van der Waals surface area contributed by atoms with E-state index in [4.69, 9.17) is 4.98 Å². The van der Waals surface area contributed by atoms with Gasteiger partial charge in [-0.1, -0.05) is 27.7 Å². The molecule has 2 aromatic rings. The van der Waals surface area contributed by atoms with Crippen molar-refractivity contribution in [2.24, 2.45) is 0 Å². The van der Waals surface area contributed by atoms with Gasteiger partial charge in [0.15, 0.2) is 11.3 Å². The van der Waals surface area contributed by atoms with Crippen molar-refractivity contribution in [3.63, 3.8) is 0 Å². The third-order valence-corrected chi connectivity index (χ3v) is 3.36. The van der Waals surface area contributed by atoms with Crippen molar-refractivity contribution in [1.82, 2.24) is 14.8 Å². The molecule has 0 fully saturated rings. The zero-order valence-electron chi connectivity index (χ0n) is 12.6. The van der Waals surface area contributed by atoms with E-state index in [9.17, 15) is 5.11 Å². The molecular weight excluding hydrogens is 238 g/mol. The summed E-state index contributed by atoms with van der Waals surface area (Å²) in [5.41, 5.74) is 3.29. The van der Waals surface area contributed by atoms with Crippen molar-refractivity contribution in [3.8, 4) is 5.75 Å². The van der Waals surface area contributed by atoms with Crippen molar-refractivity contribution in [1.29, 1.82) is 0 Å². The number of hydrogen-bond acceptors (Lipinski definition) is 3. The van der Waals surface area contributed by atoms with E-state index < -0.39 is 0 Å². The minimum Gasteiger partial charge on any atom is -0.505 e. The van der Waals surface area contributed by atoms with Gasteiger partial charge in [-0.2, -0.15) is 5.10 Å². The molecule has 0 aromatic carbocycles. The normalized spacial score (nSPS) is 12.3. The predicted molar refractivity (Wildman–Crippen MR) is 77.8 cm³/mol. The monoisotopic (exact) mass is 261 g/mol. The number of hydrogen-bond donors (Lipinski definition) is 1. The lowest BCUT2D eigenvalue weighted by Crippen LogP contribution is -2.03. The summed E-state index contributed by atoms with van der Waals surface area (Å²) in [7, 11) is 0. The summed E-state index contributed by atoms with van der Waals surface area (Å²) in [5, 5.41) is 15.0. The molecule has 4 nitrogen and oxygen atoms in total. The van der Waals surface area contributed by atoms with E-state index in [1.54, 1.807) is 0 Å². The summed E-state index contributed by atoms with van der Waals surface area (Å²) in [6.45, 7) is 12.5. The van der Waals surface area contributed by atoms with E-state index in [0.717, 1.165) is 16.8 Å². The molecule has 0 saturated heterocycles. The van der Waals surface area contributed by atoms with Crippen LogP contribution in [0, 0.1) is 0 Å². The van der Waals surface area contributed by atoms with E-state index in [-0.39, 0.29) is 17.9 Å². The molecule has 0 unspecified atom stereocenters. The maximum Gasteiger partial charge on any atom is 0.153 e. The second kappa shape index (κ2) is 4.83. The highest BCUT2D eigenvalue weighted by molar-refractivity contribution is 5.82. The summed E-state index contributed by atoms with van der Waals surface area (Å²) >= 11 is 0. The molecular formula is C15H23N3O. The quantitative estimate of drug-likeness (QED) is 0.909. The summed E-state index contributed by atoms with van der Waals surface area (Å²) in [6, 6.07) is 0.263. The van der Waals surface area contributed by atoms with Gasteiger partial charge in [0, 0.05) is 11.6 Å². The Morgan fingerprint density at radius 1 is 1.05 bits per heavy atom. The number of fused-ring (bicyclic) bond motifs is 1. The maximum absolute atomic E-state index is 10.5. The lowest BCUT2D eigenvalue weighted by Gasteiger charge is -2.16. The first-order valence-corrected chi connectivity index (χ1v) is 6.94. The first-order valence-electron chi connectivity index (χ1n) is 6.94. The molecule has 0 atom stereocenters. The number of aromatic hydroxyl groups is 1. The fraction of sp³-hybridized carbons (Fsp3) is 0.600. The smallest absolute Gasteiger partial charge is 0.153 e. The highest BCUT2D eigenvalue weighted by atomic mass is 16.3. The number of nitrogens with zero attached hydrogens (tertiary/aromatic N) is 3. The molecule has 0 spiro atoms. The summed E-state index contributed by atoms with van der Waals surface area (Å²) < 4.78 is 1.85. The number of pyridine rings is 1. The summed E-state index contributed by atoms with van der Waals surface area (Å²) in [5.74, 6) is 0.816. The van der Waals surface area contributed by atoms with Gasteiger partial charge < -0.3 is 5.11 Å². The van der Waals surface area contributed by atoms with Gasteiger partial charge >= 0.3 is 0 Å². The number of aromatic nitrogens is 3. The molecule has 0 bridgehead atoms. The van der Waals surface area contributed by atoms with E-state index >= 15 is 0 Å². The zero-order chi connectivity index (χ0) is 14.3. The molecule has 2 rings (SSSR count). The minimum absolute atomic E-state index is 0.235. The molecule has 0 saturated carbocycles. The van der Waals surface area contributed by atoms with Gasteiger partial charge in [0.1, 0.15) is 5.52 Å². The number of rotatable bonds is 3. The van der Waals surface area contributed by atoms with Crippen LogP contribution in [0.15, 0.2) is 6.20 Å². The molecule has 104 valence electrons. The standard InChI is InChI=1S/C15H23N3O/c1-8(2)12-13(9(3)4)16-11-7-18(10(5)6)17-14(11)15(12)19/h7-10,19H,1-6H3. The molecule has 1 N–H and O–H groups in total. The SMILES string of the molecule is CC(C)c1nc2cn(C(C)C)nc2c(O)c1C(C)C. The molecule has 0 amide bonds. The second-order valence-electron chi connectivity index (χ2n) is 6.01. The topological polar surface area (TPSA) is 50.9 Å². The molecule has 19 heavy (non-hydrogen) atoms. The van der Waals surface area contributed by atoms with E-state index in [1.807, 2.05) is 10.9 Å². The van der Waals surface area contributed by atoms with Crippen LogP contribution in [-0.4, -0.2) is 19.9 Å². The first kappa shape index (κ1) is 13.8. The van der Waals surface area contributed by atoms with Crippen LogP contribution in [0.3, 0.4) is 0 Å². The Balaban J connectivity index is 2.77. The fourth-order valence-corrected chi connectivity index (χ4v) is 2.35. The Kier molecular flexibility index (Phi) is 3.52. The van der Waals surface area contributed by atoms with E-state index in [2.05, 4.69) is 46.6 Å². The lowest BCUT2D eigenvalue weighted by atomic mass is 9.94. The van der Waals surface area contributed by atoms with Gasteiger partial charge in [-0.25, -0.2) is 4.98 Å². The van der Waals surface area contributed by atoms with Crippen LogP contribution >= 0.6 is 0 Å². The van der Waals surface area contributed by atoms with Gasteiger partial charge in [-0.3, -0.25) is 4.68 Å². The maximum atomic E-state index is 10.5. The first-order chi connectivity index (χ1) is 8.82. The Hall–Kier alpha value is -1.58. The molecule has 2 heterocycles. The van der Waals surface area contributed by atoms with Crippen LogP contribution in [0.25, 0.3) is 11.0 Å². The van der Waals surface area contributed by atoms with Crippen molar-refractivity contribution in [3.05, 3.63) is 17.5 Å². The van der Waals surface area contributed by atoms with Crippen molar-refractivity contribution in [2.45, 2.75) is 59.4 Å². The van der Waals surface area contributed by atoms with Crippen LogP contribution in [0.4, 0.5) is 0 Å². The van der Waals surface area contributed by atoms with Gasteiger partial charge in [0.05, 0.1) is 11.9 Å². The highest BCUT2D eigenvalue weighted by Crippen LogP contribution is 2.36. The Morgan fingerprint density at radius 3 is 2.16 bits per heavy atom. The Morgan fingerprint density at radius 2 is 1.68 bits per heavy atom. The van der Waals surface area contributed by atoms with Gasteiger partial charge in [0.25, 0.3) is 0 Å². The molecule has 0 aliphatic heterocycles. The van der Waals surface area contributed by atoms with Crippen LogP contribution < -0.4 is 0 Å². The van der Waals surface area contributed by atoms with Crippen molar-refractivity contribution < 1.29 is 5.11 Å². The predicted octanol–water partition coefficient (Wildman–Crippen LogP) is 3.96. The molecule has 0 aliphatic rings. The molecule has 0 aliphatic carbocycles. The fourth-order valence-electron chi connectivity index (χ4n) is 2.35. The summed E-state index contributed by atoms with van der Waals surface area (Å²) in [6.07, 6.45) is 1.91. The van der Waals surface area contributed by atoms with E-state index in [1.165, 1.54) is 0 Å². The molecule has 2 aromatic heterocycles. The average Bonchev–Trinajstić information content (AvgIpc) is 2.72. The van der Waals surface area contributed by atoms with Gasteiger partial charge in [-0.15, -0.1) is 0 Å². The Labute approximate surface area is 114 Å². The third kappa shape index (κ3) is 2.31. The zero-order valence-corrected chi connectivity index (χ0v) is 12.6. The van der Waals surface area contributed by atoms with Crippen LogP contribution in [0.2, 0.25) is 0 Å². The highest BCUT2D eigenvalue weighted by Gasteiger charge is 2.21. The van der Waals surface area contributed by atoms with Crippen LogP contribution in [0.5, 0.6) is 5.75 Å². The lowest BCUT2D eigenvalue weighted by molar-refractivity contribution is 0.464. The molecule has 4 heteroatoms. The third-order valence-electron chi connectivity index (χ3n) is 3.36. The van der Waals surface area contributed by atoms with Crippen molar-refractivity contribution >= 4 is 11.0 Å². The minimum atomic E-state index is 0.235. The average molecular weight is 261 g/mol. The summed E-state index contributed by atoms with van der Waals surface area (Å²) in [4.78, 5) is 4.72. The van der Waals surface area contributed by atoms with Gasteiger partial charge in [0.2, 0.25) is 0 Å². The van der Waals surface area contributed by atoms with E-state index in [0.29, 0.717) is 11.3 Å². The largest absolute Gasteiger partial charge is 0.505 e. The second-order valence-corrected chi connectivity index (χ2v) is 6.01. The van der Waals surface area contributed by atoms with Crippen molar-refractivity contribution in [2.75, 3.05) is 0 Å². The van der Waals surface area contributed by atoms with Crippen LogP contribution in [0.1, 0.15) is 70.7 Å². The Bertz CT molecular complexity index is 597.